The van der Waals surface area contributed by atoms with E-state index < -0.39 is 6.10 Å². The van der Waals surface area contributed by atoms with Gasteiger partial charge in [0.05, 0.1) is 0 Å². The molecule has 0 N–H and O–H groups in total. The standard InChI is InChI=1S/C57H100O6/c1-4-7-10-13-16-19-22-25-28-31-34-37-40-43-46-49-55(58)61-52-54(63-57(60)51-48-45-42-39-36-33-30-27-24-21-18-15-12-9-6-3)53-62-56(59)50-47-44-41-38-35-32-29-26-23-20-17-14-11-8-5-2/h7,10,16,19,21,24-25,28,34,37,54H,4-6,8-9,11-15,17-18,20,22-23,26-27,29-33,35-36,38-53H2,1-3H3/b10-7-,19-16-,24-21-,28-25-,37-34-/t54-/m1/s1. The van der Waals surface area contributed by atoms with Gasteiger partial charge in [-0.05, 0) is 83.5 Å². The number of ether oxygens (including phenoxy) is 3. The molecule has 63 heavy (non-hydrogen) atoms. The zero-order chi connectivity index (χ0) is 45.8. The van der Waals surface area contributed by atoms with E-state index in [1.807, 2.05) is 0 Å². The third-order valence-corrected chi connectivity index (χ3v) is 11.5. The van der Waals surface area contributed by atoms with Gasteiger partial charge in [0.25, 0.3) is 0 Å². The van der Waals surface area contributed by atoms with Crippen LogP contribution in [0.2, 0.25) is 0 Å². The van der Waals surface area contributed by atoms with Gasteiger partial charge < -0.3 is 14.2 Å². The molecule has 0 bridgehead atoms. The van der Waals surface area contributed by atoms with Gasteiger partial charge in [-0.1, -0.05) is 223 Å². The molecule has 1 atom stereocenters. The molecule has 0 aliphatic rings. The van der Waals surface area contributed by atoms with Crippen LogP contribution in [0.4, 0.5) is 0 Å². The van der Waals surface area contributed by atoms with Gasteiger partial charge in [-0.3, -0.25) is 14.4 Å². The van der Waals surface area contributed by atoms with Crippen molar-refractivity contribution in [3.05, 3.63) is 60.8 Å². The van der Waals surface area contributed by atoms with Gasteiger partial charge >= 0.3 is 17.9 Å². The Morgan fingerprint density at radius 2 is 0.619 bits per heavy atom. The molecule has 0 saturated carbocycles. The van der Waals surface area contributed by atoms with Crippen LogP contribution in [0, 0.1) is 0 Å². The fraction of sp³-hybridized carbons (Fsp3) is 0.772. The van der Waals surface area contributed by atoms with E-state index in [1.54, 1.807) is 0 Å². The maximum atomic E-state index is 12.8. The zero-order valence-electron chi connectivity index (χ0n) is 41.6. The Bertz CT molecular complexity index is 1150. The first-order chi connectivity index (χ1) is 31.0. The molecule has 0 aromatic rings. The fourth-order valence-corrected chi connectivity index (χ4v) is 7.49. The molecular formula is C57H100O6. The third kappa shape index (κ3) is 50.0. The summed E-state index contributed by atoms with van der Waals surface area (Å²) in [4.78, 5) is 38.0. The summed E-state index contributed by atoms with van der Waals surface area (Å²) in [6, 6.07) is 0. The van der Waals surface area contributed by atoms with Crippen molar-refractivity contribution in [1.82, 2.24) is 0 Å². The Morgan fingerprint density at radius 3 is 1.03 bits per heavy atom. The summed E-state index contributed by atoms with van der Waals surface area (Å²) in [5.74, 6) is -0.927. The quantitative estimate of drug-likeness (QED) is 0.0262. The molecule has 0 rings (SSSR count). The van der Waals surface area contributed by atoms with E-state index in [2.05, 4.69) is 81.5 Å². The molecule has 0 aliphatic heterocycles. The summed E-state index contributed by atoms with van der Waals surface area (Å²) >= 11 is 0. The zero-order valence-corrected chi connectivity index (χ0v) is 41.6. The Kier molecular flexibility index (Phi) is 49.4. The van der Waals surface area contributed by atoms with Gasteiger partial charge in [-0.15, -0.1) is 0 Å². The molecule has 0 amide bonds. The molecule has 0 saturated heterocycles. The second-order valence-electron chi connectivity index (χ2n) is 17.8. The normalized spacial score (nSPS) is 12.5. The largest absolute Gasteiger partial charge is 0.462 e. The molecule has 0 aromatic heterocycles. The van der Waals surface area contributed by atoms with Crippen molar-refractivity contribution in [2.75, 3.05) is 13.2 Å². The molecule has 6 heteroatoms. The van der Waals surface area contributed by atoms with E-state index in [9.17, 15) is 14.4 Å². The predicted molar refractivity (Wildman–Crippen MR) is 270 cm³/mol. The van der Waals surface area contributed by atoms with Crippen molar-refractivity contribution in [3.63, 3.8) is 0 Å². The van der Waals surface area contributed by atoms with E-state index in [4.69, 9.17) is 14.2 Å². The highest BCUT2D eigenvalue weighted by Crippen LogP contribution is 2.15. The number of carbonyl (C=O) groups is 3. The molecular weight excluding hydrogens is 781 g/mol. The molecule has 0 aliphatic carbocycles. The molecule has 364 valence electrons. The van der Waals surface area contributed by atoms with E-state index in [0.29, 0.717) is 19.3 Å². The van der Waals surface area contributed by atoms with Crippen molar-refractivity contribution in [2.24, 2.45) is 0 Å². The van der Waals surface area contributed by atoms with Crippen molar-refractivity contribution in [3.8, 4) is 0 Å². The molecule has 0 aromatic carbocycles. The monoisotopic (exact) mass is 881 g/mol. The van der Waals surface area contributed by atoms with E-state index >= 15 is 0 Å². The van der Waals surface area contributed by atoms with Gasteiger partial charge in [0.15, 0.2) is 6.10 Å². The topological polar surface area (TPSA) is 78.9 Å². The van der Waals surface area contributed by atoms with Crippen LogP contribution in [0.1, 0.15) is 265 Å². The molecule has 0 unspecified atom stereocenters. The van der Waals surface area contributed by atoms with Crippen molar-refractivity contribution >= 4 is 17.9 Å². The SMILES string of the molecule is CC/C=C\C/C=C\C/C=C\C/C=C\CCCCC(=O)OC[C@H](COC(=O)CCCCCCCCCCCCCCCCC)OC(=O)CCCCCCCCC/C=C\CCCCCC. The minimum absolute atomic E-state index is 0.0868. The lowest BCUT2D eigenvalue weighted by atomic mass is 10.0. The summed E-state index contributed by atoms with van der Waals surface area (Å²) in [7, 11) is 0. The Balaban J connectivity index is 4.43. The van der Waals surface area contributed by atoms with Crippen LogP contribution in [0.25, 0.3) is 0 Å². The highest BCUT2D eigenvalue weighted by molar-refractivity contribution is 5.71. The first-order valence-corrected chi connectivity index (χ1v) is 26.8. The molecule has 6 nitrogen and oxygen atoms in total. The lowest BCUT2D eigenvalue weighted by molar-refractivity contribution is -0.167. The lowest BCUT2D eigenvalue weighted by Gasteiger charge is -2.18. The highest BCUT2D eigenvalue weighted by Gasteiger charge is 2.19. The van der Waals surface area contributed by atoms with E-state index in [0.717, 1.165) is 83.5 Å². The second-order valence-corrected chi connectivity index (χ2v) is 17.8. The van der Waals surface area contributed by atoms with Gasteiger partial charge in [0, 0.05) is 19.3 Å². The number of hydrogen-bond donors (Lipinski definition) is 0. The number of carbonyl (C=O) groups excluding carboxylic acids is 3. The van der Waals surface area contributed by atoms with Crippen LogP contribution in [-0.4, -0.2) is 37.2 Å². The molecule has 0 fully saturated rings. The van der Waals surface area contributed by atoms with E-state index in [1.165, 1.54) is 141 Å². The average Bonchev–Trinajstić information content (AvgIpc) is 3.28. The maximum Gasteiger partial charge on any atom is 0.306 e. The van der Waals surface area contributed by atoms with Crippen molar-refractivity contribution < 1.29 is 28.6 Å². The predicted octanol–water partition coefficient (Wildman–Crippen LogP) is 17.6. The Morgan fingerprint density at radius 1 is 0.333 bits per heavy atom. The fourth-order valence-electron chi connectivity index (χ4n) is 7.49. The van der Waals surface area contributed by atoms with Crippen LogP contribution < -0.4 is 0 Å². The van der Waals surface area contributed by atoms with Crippen LogP contribution in [-0.2, 0) is 28.6 Å². The summed E-state index contributed by atoms with van der Waals surface area (Å²) < 4.78 is 16.8. The van der Waals surface area contributed by atoms with Gasteiger partial charge in [-0.25, -0.2) is 0 Å². The Labute approximate surface area is 390 Å². The van der Waals surface area contributed by atoms with Crippen LogP contribution in [0.15, 0.2) is 60.8 Å². The van der Waals surface area contributed by atoms with Crippen LogP contribution in [0.5, 0.6) is 0 Å². The minimum atomic E-state index is -0.791. The third-order valence-electron chi connectivity index (χ3n) is 11.5. The summed E-state index contributed by atoms with van der Waals surface area (Å²) in [5, 5.41) is 0. The smallest absolute Gasteiger partial charge is 0.306 e. The van der Waals surface area contributed by atoms with Gasteiger partial charge in [0.1, 0.15) is 13.2 Å². The van der Waals surface area contributed by atoms with Crippen molar-refractivity contribution in [2.45, 2.75) is 271 Å². The number of unbranched alkanes of at least 4 members (excludes halogenated alkanes) is 27. The summed E-state index contributed by atoms with van der Waals surface area (Å²) in [6.45, 7) is 6.49. The first-order valence-electron chi connectivity index (χ1n) is 26.8. The second kappa shape index (κ2) is 51.7. The number of hydrogen-bond acceptors (Lipinski definition) is 6. The van der Waals surface area contributed by atoms with Gasteiger partial charge in [0.2, 0.25) is 0 Å². The molecule has 0 heterocycles. The molecule has 0 spiro atoms. The van der Waals surface area contributed by atoms with Crippen LogP contribution >= 0.6 is 0 Å². The first kappa shape index (κ1) is 60.1. The van der Waals surface area contributed by atoms with Crippen molar-refractivity contribution in [1.29, 1.82) is 0 Å². The Hall–Kier alpha value is -2.89. The number of esters is 3. The lowest BCUT2D eigenvalue weighted by Crippen LogP contribution is -2.30. The van der Waals surface area contributed by atoms with Gasteiger partial charge in [-0.2, -0.15) is 0 Å². The maximum absolute atomic E-state index is 12.8. The minimum Gasteiger partial charge on any atom is -0.462 e. The number of rotatable bonds is 48. The highest BCUT2D eigenvalue weighted by atomic mass is 16.6. The average molecular weight is 881 g/mol. The summed E-state index contributed by atoms with van der Waals surface area (Å²) in [5.41, 5.74) is 0. The van der Waals surface area contributed by atoms with E-state index in [-0.39, 0.29) is 31.1 Å². The van der Waals surface area contributed by atoms with Crippen LogP contribution in [0.3, 0.4) is 0 Å². The summed E-state index contributed by atoms with van der Waals surface area (Å²) in [6.07, 6.45) is 63.5. The molecule has 0 radical (unpaired) electrons. The number of allylic oxidation sites excluding steroid dienone is 10.